The number of carbonyl (C=O) groups excluding carboxylic acids is 1. The van der Waals surface area contributed by atoms with Crippen LogP contribution in [0.15, 0.2) is 12.2 Å². The maximum atomic E-state index is 10.6. The first-order chi connectivity index (χ1) is 8.22. The van der Waals surface area contributed by atoms with Crippen LogP contribution in [0.3, 0.4) is 0 Å². The summed E-state index contributed by atoms with van der Waals surface area (Å²) in [6.45, 7) is 3.95. The van der Waals surface area contributed by atoms with E-state index in [1.165, 1.54) is 19.8 Å². The van der Waals surface area contributed by atoms with E-state index in [-0.39, 0.29) is 18.2 Å². The summed E-state index contributed by atoms with van der Waals surface area (Å²) in [5.74, 6) is -0.261. The van der Waals surface area contributed by atoms with Gasteiger partial charge in [-0.1, -0.05) is 38.3 Å². The van der Waals surface area contributed by atoms with Crippen molar-refractivity contribution in [2.75, 3.05) is 6.61 Å². The average Bonchev–Trinajstić information content (AvgIpc) is 2.31. The molecule has 0 aromatic carbocycles. The van der Waals surface area contributed by atoms with Gasteiger partial charge in [0, 0.05) is 13.3 Å². The minimum Gasteiger partial charge on any atom is -0.466 e. The third kappa shape index (κ3) is 6.44. The summed E-state index contributed by atoms with van der Waals surface area (Å²) in [4.78, 5) is 21.1. The molecule has 1 rings (SSSR count). The van der Waals surface area contributed by atoms with Gasteiger partial charge in [-0.2, -0.15) is 0 Å². The highest BCUT2D eigenvalue weighted by molar-refractivity contribution is 5.65. The Morgan fingerprint density at radius 2 is 1.82 bits per heavy atom. The molecule has 1 aliphatic heterocycles. The van der Waals surface area contributed by atoms with Gasteiger partial charge in [0.1, 0.15) is 12.2 Å². The van der Waals surface area contributed by atoms with Crippen molar-refractivity contribution >= 4 is 5.97 Å². The second kappa shape index (κ2) is 8.25. The monoisotopic (exact) mass is 242 g/mol. The summed E-state index contributed by atoms with van der Waals surface area (Å²) < 4.78 is 4.84. The van der Waals surface area contributed by atoms with E-state index in [0.29, 0.717) is 13.0 Å². The summed E-state index contributed by atoms with van der Waals surface area (Å²) in [5, 5.41) is 0. The van der Waals surface area contributed by atoms with Crippen LogP contribution in [0.25, 0.3) is 0 Å². The van der Waals surface area contributed by atoms with Crippen LogP contribution in [0.2, 0.25) is 0 Å². The van der Waals surface area contributed by atoms with Crippen molar-refractivity contribution < 1.29 is 19.3 Å². The third-order valence-corrected chi connectivity index (χ3v) is 2.64. The molecule has 0 radical (unpaired) electrons. The largest absolute Gasteiger partial charge is 0.466 e. The average molecular weight is 242 g/mol. The predicted molar refractivity (Wildman–Crippen MR) is 64.3 cm³/mol. The second-order valence-electron chi connectivity index (χ2n) is 4.28. The van der Waals surface area contributed by atoms with Gasteiger partial charge in [0.2, 0.25) is 0 Å². The number of hydrogen-bond acceptors (Lipinski definition) is 4. The van der Waals surface area contributed by atoms with Crippen LogP contribution < -0.4 is 0 Å². The van der Waals surface area contributed by atoms with Crippen molar-refractivity contribution in [3.63, 3.8) is 0 Å². The second-order valence-corrected chi connectivity index (χ2v) is 4.28. The first-order valence-corrected chi connectivity index (χ1v) is 6.36. The molecule has 4 heteroatoms. The SMILES string of the molecule is CCCCC[C@H]1C=C[C@@H](CCOC(C)=O)OO1. The van der Waals surface area contributed by atoms with Crippen molar-refractivity contribution in [1.82, 2.24) is 0 Å². The summed E-state index contributed by atoms with van der Waals surface area (Å²) in [6, 6.07) is 0. The topological polar surface area (TPSA) is 44.8 Å². The van der Waals surface area contributed by atoms with Crippen molar-refractivity contribution in [2.24, 2.45) is 0 Å². The third-order valence-electron chi connectivity index (χ3n) is 2.64. The van der Waals surface area contributed by atoms with Gasteiger partial charge in [-0.25, -0.2) is 9.78 Å². The van der Waals surface area contributed by atoms with Gasteiger partial charge in [0.25, 0.3) is 0 Å². The molecule has 17 heavy (non-hydrogen) atoms. The Morgan fingerprint density at radius 3 is 2.35 bits per heavy atom. The van der Waals surface area contributed by atoms with Crippen molar-refractivity contribution in [3.8, 4) is 0 Å². The molecular weight excluding hydrogens is 220 g/mol. The normalized spacial score (nSPS) is 23.6. The minimum absolute atomic E-state index is 0.0755. The fourth-order valence-corrected chi connectivity index (χ4v) is 1.66. The number of carbonyl (C=O) groups is 1. The number of ether oxygens (including phenoxy) is 1. The van der Waals surface area contributed by atoms with Crippen molar-refractivity contribution in [1.29, 1.82) is 0 Å². The lowest BCUT2D eigenvalue weighted by Crippen LogP contribution is -2.24. The molecule has 4 nitrogen and oxygen atoms in total. The molecule has 0 amide bonds. The molecule has 0 saturated carbocycles. The molecule has 0 saturated heterocycles. The van der Waals surface area contributed by atoms with Gasteiger partial charge < -0.3 is 4.74 Å². The minimum atomic E-state index is -0.261. The molecular formula is C13H22O4. The van der Waals surface area contributed by atoms with E-state index >= 15 is 0 Å². The van der Waals surface area contributed by atoms with E-state index in [1.807, 2.05) is 12.2 Å². The van der Waals surface area contributed by atoms with Crippen LogP contribution in [0, 0.1) is 0 Å². The predicted octanol–water partition coefficient (Wildman–Crippen LogP) is 2.78. The quantitative estimate of drug-likeness (QED) is 0.298. The van der Waals surface area contributed by atoms with Crippen molar-refractivity contribution in [2.45, 2.75) is 58.2 Å². The highest BCUT2D eigenvalue weighted by Gasteiger charge is 2.17. The first kappa shape index (κ1) is 14.2. The van der Waals surface area contributed by atoms with Gasteiger partial charge in [-0.05, 0) is 6.42 Å². The van der Waals surface area contributed by atoms with E-state index in [1.54, 1.807) is 0 Å². The smallest absolute Gasteiger partial charge is 0.302 e. The highest BCUT2D eigenvalue weighted by Crippen LogP contribution is 2.16. The van der Waals surface area contributed by atoms with Gasteiger partial charge in [0.15, 0.2) is 0 Å². The fourth-order valence-electron chi connectivity index (χ4n) is 1.66. The van der Waals surface area contributed by atoms with Crippen LogP contribution in [0.4, 0.5) is 0 Å². The van der Waals surface area contributed by atoms with Crippen LogP contribution >= 0.6 is 0 Å². The Labute approximate surface area is 103 Å². The number of unbranched alkanes of at least 4 members (excludes halogenated alkanes) is 2. The van der Waals surface area contributed by atoms with Crippen LogP contribution in [0.1, 0.15) is 46.0 Å². The Balaban J connectivity index is 2.13. The molecule has 0 spiro atoms. The molecule has 0 fully saturated rings. The summed E-state index contributed by atoms with van der Waals surface area (Å²) in [6.07, 6.45) is 9.24. The number of esters is 1. The first-order valence-electron chi connectivity index (χ1n) is 6.36. The molecule has 0 N–H and O–H groups in total. The molecule has 0 aliphatic carbocycles. The van der Waals surface area contributed by atoms with Gasteiger partial charge in [-0.3, -0.25) is 4.79 Å². The number of rotatable bonds is 7. The standard InChI is InChI=1S/C13H22O4/c1-3-4-5-6-12-7-8-13(17-16-12)9-10-15-11(2)14/h7-8,12-13H,3-6,9-10H2,1-2H3/t12-,13-/m0/s1. The van der Waals surface area contributed by atoms with Gasteiger partial charge in [0.05, 0.1) is 6.61 Å². The van der Waals surface area contributed by atoms with E-state index in [9.17, 15) is 4.79 Å². The molecule has 0 bridgehead atoms. The van der Waals surface area contributed by atoms with Crippen LogP contribution in [0.5, 0.6) is 0 Å². The zero-order valence-corrected chi connectivity index (χ0v) is 10.7. The lowest BCUT2D eigenvalue weighted by molar-refractivity contribution is -0.341. The molecule has 0 aromatic heterocycles. The lowest BCUT2D eigenvalue weighted by Gasteiger charge is -2.22. The van der Waals surface area contributed by atoms with Gasteiger partial charge in [-0.15, -0.1) is 0 Å². The molecule has 1 aliphatic rings. The van der Waals surface area contributed by atoms with Gasteiger partial charge >= 0.3 is 5.97 Å². The van der Waals surface area contributed by atoms with Crippen LogP contribution in [-0.4, -0.2) is 24.8 Å². The van der Waals surface area contributed by atoms with E-state index in [2.05, 4.69) is 6.92 Å². The Hall–Kier alpha value is -0.870. The fraction of sp³-hybridized carbons (Fsp3) is 0.769. The maximum Gasteiger partial charge on any atom is 0.302 e. The summed E-state index contributed by atoms with van der Waals surface area (Å²) >= 11 is 0. The summed E-state index contributed by atoms with van der Waals surface area (Å²) in [5.41, 5.74) is 0. The highest BCUT2D eigenvalue weighted by atomic mass is 17.2. The Kier molecular flexibility index (Phi) is 6.89. The zero-order chi connectivity index (χ0) is 12.5. The summed E-state index contributed by atoms with van der Waals surface area (Å²) in [7, 11) is 0. The molecule has 0 unspecified atom stereocenters. The van der Waals surface area contributed by atoms with Crippen molar-refractivity contribution in [3.05, 3.63) is 12.2 Å². The van der Waals surface area contributed by atoms with E-state index in [4.69, 9.17) is 14.5 Å². The van der Waals surface area contributed by atoms with E-state index in [0.717, 1.165) is 12.8 Å². The number of hydrogen-bond donors (Lipinski definition) is 0. The van der Waals surface area contributed by atoms with E-state index < -0.39 is 0 Å². The molecule has 0 aromatic rings. The Bertz CT molecular complexity index is 250. The zero-order valence-electron chi connectivity index (χ0n) is 10.7. The Morgan fingerprint density at radius 1 is 1.18 bits per heavy atom. The molecule has 1 heterocycles. The van der Waals surface area contributed by atoms with Crippen LogP contribution in [-0.2, 0) is 19.3 Å². The molecule has 2 atom stereocenters. The maximum absolute atomic E-state index is 10.6. The molecule has 98 valence electrons. The lowest BCUT2D eigenvalue weighted by atomic mass is 10.1.